The summed E-state index contributed by atoms with van der Waals surface area (Å²) in [6.07, 6.45) is 1.45. The second-order valence-corrected chi connectivity index (χ2v) is 4.94. The number of benzene rings is 1. The van der Waals surface area contributed by atoms with Crippen LogP contribution in [0.3, 0.4) is 0 Å². The van der Waals surface area contributed by atoms with E-state index < -0.39 is 5.82 Å². The summed E-state index contributed by atoms with van der Waals surface area (Å²) < 4.78 is 13.8. The zero-order valence-electron chi connectivity index (χ0n) is 10.0. The van der Waals surface area contributed by atoms with Gasteiger partial charge >= 0.3 is 0 Å². The molecule has 0 saturated carbocycles. The average molecular weight is 346 g/mol. The van der Waals surface area contributed by atoms with Crippen molar-refractivity contribution in [2.45, 2.75) is 6.54 Å². The van der Waals surface area contributed by atoms with Gasteiger partial charge in [0.2, 0.25) is 0 Å². The summed E-state index contributed by atoms with van der Waals surface area (Å²) in [5, 5.41) is 6.18. The lowest BCUT2D eigenvalue weighted by Crippen LogP contribution is -2.05. The lowest BCUT2D eigenvalue weighted by molar-refractivity contribution is 0.627. The minimum absolute atomic E-state index is 0.108. The summed E-state index contributed by atoms with van der Waals surface area (Å²) in [4.78, 5) is 8.18. The van der Waals surface area contributed by atoms with Crippen LogP contribution in [-0.2, 0) is 6.54 Å². The van der Waals surface area contributed by atoms with E-state index in [1.807, 2.05) is 0 Å². The standard InChI is InChI=1S/C12H11BrClFN4/c1-16-11-10(13)12(19-6-18-11)17-5-7-2-3-9(15)8(14)4-7/h2-4,6H,5H2,1H3,(H2,16,17,18,19). The van der Waals surface area contributed by atoms with Crippen LogP contribution in [0.25, 0.3) is 0 Å². The Labute approximate surface area is 123 Å². The summed E-state index contributed by atoms with van der Waals surface area (Å²) in [6, 6.07) is 4.59. The Kier molecular flexibility index (Phi) is 4.55. The van der Waals surface area contributed by atoms with Gasteiger partial charge in [0.25, 0.3) is 0 Å². The molecule has 0 saturated heterocycles. The molecule has 0 aliphatic heterocycles. The molecule has 4 nitrogen and oxygen atoms in total. The van der Waals surface area contributed by atoms with Gasteiger partial charge in [0.15, 0.2) is 0 Å². The molecular weight excluding hydrogens is 335 g/mol. The van der Waals surface area contributed by atoms with E-state index in [1.54, 1.807) is 19.2 Å². The molecule has 2 N–H and O–H groups in total. The first-order chi connectivity index (χ1) is 9.11. The molecule has 100 valence electrons. The summed E-state index contributed by atoms with van der Waals surface area (Å²) in [7, 11) is 1.77. The summed E-state index contributed by atoms with van der Waals surface area (Å²) in [6.45, 7) is 0.485. The fourth-order valence-electron chi connectivity index (χ4n) is 1.50. The van der Waals surface area contributed by atoms with Gasteiger partial charge in [0.1, 0.15) is 28.3 Å². The second kappa shape index (κ2) is 6.16. The Morgan fingerprint density at radius 1 is 1.32 bits per heavy atom. The van der Waals surface area contributed by atoms with Gasteiger partial charge in [-0.1, -0.05) is 17.7 Å². The molecule has 0 fully saturated rings. The third kappa shape index (κ3) is 3.33. The maximum atomic E-state index is 13.0. The van der Waals surface area contributed by atoms with Gasteiger partial charge in [-0.15, -0.1) is 0 Å². The zero-order chi connectivity index (χ0) is 13.8. The summed E-state index contributed by atoms with van der Waals surface area (Å²) in [5.74, 6) is 0.917. The van der Waals surface area contributed by atoms with Crippen molar-refractivity contribution in [3.05, 3.63) is 45.4 Å². The number of rotatable bonds is 4. The Balaban J connectivity index is 2.12. The molecule has 0 bridgehead atoms. The van der Waals surface area contributed by atoms with Gasteiger partial charge in [0, 0.05) is 13.6 Å². The Morgan fingerprint density at radius 2 is 2.05 bits per heavy atom. The van der Waals surface area contributed by atoms with E-state index in [9.17, 15) is 4.39 Å². The van der Waals surface area contributed by atoms with Crippen LogP contribution in [0.4, 0.5) is 16.0 Å². The lowest BCUT2D eigenvalue weighted by atomic mass is 10.2. The predicted molar refractivity (Wildman–Crippen MR) is 78.0 cm³/mol. The molecule has 0 unspecified atom stereocenters. The third-order valence-electron chi connectivity index (χ3n) is 2.47. The van der Waals surface area contributed by atoms with Crippen molar-refractivity contribution in [1.82, 2.24) is 9.97 Å². The monoisotopic (exact) mass is 344 g/mol. The van der Waals surface area contributed by atoms with Gasteiger partial charge in [-0.3, -0.25) is 0 Å². The molecule has 1 heterocycles. The largest absolute Gasteiger partial charge is 0.372 e. The molecule has 0 atom stereocenters. The quantitative estimate of drug-likeness (QED) is 0.887. The first-order valence-corrected chi connectivity index (χ1v) is 6.65. The first kappa shape index (κ1) is 14.0. The molecule has 1 aromatic heterocycles. The smallest absolute Gasteiger partial charge is 0.146 e. The van der Waals surface area contributed by atoms with Gasteiger partial charge in [-0.05, 0) is 33.6 Å². The van der Waals surface area contributed by atoms with Crippen LogP contribution in [0.1, 0.15) is 5.56 Å². The molecule has 2 aromatic rings. The van der Waals surface area contributed by atoms with Crippen molar-refractivity contribution in [2.24, 2.45) is 0 Å². The fourth-order valence-corrected chi connectivity index (χ4v) is 2.25. The van der Waals surface area contributed by atoms with Crippen LogP contribution in [0, 0.1) is 5.82 Å². The highest BCUT2D eigenvalue weighted by molar-refractivity contribution is 9.10. The topological polar surface area (TPSA) is 49.8 Å². The zero-order valence-corrected chi connectivity index (χ0v) is 12.4. The number of halogens is 3. The number of aromatic nitrogens is 2. The Morgan fingerprint density at radius 3 is 2.74 bits per heavy atom. The van der Waals surface area contributed by atoms with Gasteiger partial charge < -0.3 is 10.6 Å². The van der Waals surface area contributed by atoms with Crippen molar-refractivity contribution in [3.8, 4) is 0 Å². The minimum atomic E-state index is -0.425. The summed E-state index contributed by atoms with van der Waals surface area (Å²) >= 11 is 9.13. The first-order valence-electron chi connectivity index (χ1n) is 5.48. The number of nitrogens with zero attached hydrogens (tertiary/aromatic N) is 2. The number of anilines is 2. The van der Waals surface area contributed by atoms with Crippen molar-refractivity contribution in [3.63, 3.8) is 0 Å². The molecule has 19 heavy (non-hydrogen) atoms. The van der Waals surface area contributed by atoms with Crippen LogP contribution >= 0.6 is 27.5 Å². The Hall–Kier alpha value is -1.40. The van der Waals surface area contributed by atoms with E-state index in [1.165, 1.54) is 12.4 Å². The van der Waals surface area contributed by atoms with Gasteiger partial charge in [-0.2, -0.15) is 0 Å². The highest BCUT2D eigenvalue weighted by Crippen LogP contribution is 2.26. The molecule has 2 rings (SSSR count). The number of hydrogen-bond donors (Lipinski definition) is 2. The van der Waals surface area contributed by atoms with Gasteiger partial charge in [-0.25, -0.2) is 14.4 Å². The van der Waals surface area contributed by atoms with Gasteiger partial charge in [0.05, 0.1) is 5.02 Å². The molecule has 0 amide bonds. The van der Waals surface area contributed by atoms with Crippen molar-refractivity contribution in [2.75, 3.05) is 17.7 Å². The van der Waals surface area contributed by atoms with Crippen molar-refractivity contribution in [1.29, 1.82) is 0 Å². The van der Waals surface area contributed by atoms with E-state index >= 15 is 0 Å². The average Bonchev–Trinajstić information content (AvgIpc) is 2.41. The molecular formula is C12H11BrClFN4. The maximum absolute atomic E-state index is 13.0. The predicted octanol–water partition coefficient (Wildman–Crippen LogP) is 3.69. The van der Waals surface area contributed by atoms with E-state index in [0.29, 0.717) is 18.2 Å². The second-order valence-electron chi connectivity index (χ2n) is 3.74. The van der Waals surface area contributed by atoms with Crippen LogP contribution in [0.2, 0.25) is 5.02 Å². The minimum Gasteiger partial charge on any atom is -0.372 e. The van der Waals surface area contributed by atoms with E-state index in [2.05, 4.69) is 36.5 Å². The molecule has 1 aromatic carbocycles. The molecule has 0 aliphatic carbocycles. The number of nitrogens with one attached hydrogen (secondary N) is 2. The highest BCUT2D eigenvalue weighted by atomic mass is 79.9. The van der Waals surface area contributed by atoms with E-state index in [-0.39, 0.29) is 5.02 Å². The molecule has 0 aliphatic rings. The van der Waals surface area contributed by atoms with Crippen LogP contribution < -0.4 is 10.6 Å². The van der Waals surface area contributed by atoms with E-state index in [4.69, 9.17) is 11.6 Å². The maximum Gasteiger partial charge on any atom is 0.146 e. The molecule has 0 radical (unpaired) electrons. The summed E-state index contributed by atoms with van der Waals surface area (Å²) in [5.41, 5.74) is 0.864. The molecule has 0 spiro atoms. The van der Waals surface area contributed by atoms with Crippen molar-refractivity contribution < 1.29 is 4.39 Å². The van der Waals surface area contributed by atoms with Crippen LogP contribution in [-0.4, -0.2) is 17.0 Å². The Bertz CT molecular complexity index is 594. The lowest BCUT2D eigenvalue weighted by Gasteiger charge is -2.10. The van der Waals surface area contributed by atoms with Crippen molar-refractivity contribution >= 4 is 39.2 Å². The van der Waals surface area contributed by atoms with Crippen LogP contribution in [0.15, 0.2) is 29.0 Å². The van der Waals surface area contributed by atoms with E-state index in [0.717, 1.165) is 10.0 Å². The highest BCUT2D eigenvalue weighted by Gasteiger charge is 2.07. The normalized spacial score (nSPS) is 10.3. The third-order valence-corrected chi connectivity index (χ3v) is 3.51. The number of hydrogen-bond acceptors (Lipinski definition) is 4. The fraction of sp³-hybridized carbons (Fsp3) is 0.167. The van der Waals surface area contributed by atoms with Crippen LogP contribution in [0.5, 0.6) is 0 Å². The molecule has 7 heteroatoms. The SMILES string of the molecule is CNc1ncnc(NCc2ccc(F)c(Cl)c2)c1Br.